The molecule has 0 aliphatic carbocycles. The molecule has 1 aromatic rings. The first kappa shape index (κ1) is 21.4. The van der Waals surface area contributed by atoms with Crippen molar-refractivity contribution in [3.05, 3.63) is 18.2 Å². The average Bonchev–Trinajstić information content (AvgIpc) is 2.65. The fourth-order valence-electron chi connectivity index (χ4n) is 3.31. The molecule has 1 N–H and O–H groups in total. The first-order valence-corrected chi connectivity index (χ1v) is 10.9. The number of hydrogen-bond acceptors (Lipinski definition) is 6. The van der Waals surface area contributed by atoms with E-state index in [-0.39, 0.29) is 30.0 Å². The van der Waals surface area contributed by atoms with Crippen molar-refractivity contribution >= 4 is 27.7 Å². The van der Waals surface area contributed by atoms with Gasteiger partial charge in [0.2, 0.25) is 10.0 Å². The molecule has 2 amide bonds. The Morgan fingerprint density at radius 3 is 2.76 bits per heavy atom. The lowest BCUT2D eigenvalue weighted by Crippen LogP contribution is -2.51. The summed E-state index contributed by atoms with van der Waals surface area (Å²) >= 11 is 0. The van der Waals surface area contributed by atoms with E-state index in [9.17, 15) is 18.0 Å². The highest BCUT2D eigenvalue weighted by molar-refractivity contribution is 7.89. The molecule has 1 saturated heterocycles. The minimum absolute atomic E-state index is 0.0719. The lowest BCUT2D eigenvalue weighted by atomic mass is 10.1. The van der Waals surface area contributed by atoms with Gasteiger partial charge in [-0.2, -0.15) is 4.31 Å². The number of benzene rings is 1. The van der Waals surface area contributed by atoms with E-state index in [0.717, 1.165) is 0 Å². The van der Waals surface area contributed by atoms with E-state index in [1.54, 1.807) is 27.8 Å². The number of ether oxygens (including phenoxy) is 2. The third-order valence-electron chi connectivity index (χ3n) is 4.81. The van der Waals surface area contributed by atoms with Crippen molar-refractivity contribution in [1.82, 2.24) is 9.21 Å². The van der Waals surface area contributed by atoms with Gasteiger partial charge in [-0.25, -0.2) is 13.2 Å². The van der Waals surface area contributed by atoms with E-state index in [2.05, 4.69) is 5.32 Å². The van der Waals surface area contributed by atoms with E-state index >= 15 is 0 Å². The van der Waals surface area contributed by atoms with Gasteiger partial charge < -0.3 is 19.7 Å². The number of nitrogens with one attached hydrogen (secondary N) is 1. The summed E-state index contributed by atoms with van der Waals surface area (Å²) in [5.41, 5.74) is -0.289. The Kier molecular flexibility index (Phi) is 5.77. The van der Waals surface area contributed by atoms with Crippen molar-refractivity contribution in [2.24, 2.45) is 0 Å². The first-order chi connectivity index (χ1) is 13.5. The van der Waals surface area contributed by atoms with Gasteiger partial charge in [-0.1, -0.05) is 0 Å². The van der Waals surface area contributed by atoms with Gasteiger partial charge >= 0.3 is 6.09 Å². The van der Waals surface area contributed by atoms with Crippen molar-refractivity contribution in [1.29, 1.82) is 0 Å². The highest BCUT2D eigenvalue weighted by Crippen LogP contribution is 2.32. The topological polar surface area (TPSA) is 105 Å². The minimum atomic E-state index is -3.79. The number of amides is 2. The van der Waals surface area contributed by atoms with E-state index in [4.69, 9.17) is 9.47 Å². The smallest absolute Gasteiger partial charge is 0.410 e. The fourth-order valence-corrected chi connectivity index (χ4v) is 4.85. The third kappa shape index (κ3) is 4.81. The number of anilines is 1. The monoisotopic (exact) mass is 425 g/mol. The summed E-state index contributed by atoms with van der Waals surface area (Å²) in [5.74, 6) is 0.105. The van der Waals surface area contributed by atoms with Crippen LogP contribution in [0.5, 0.6) is 5.75 Å². The van der Waals surface area contributed by atoms with Crippen molar-refractivity contribution in [2.45, 2.75) is 50.2 Å². The molecule has 29 heavy (non-hydrogen) atoms. The molecule has 10 heteroatoms. The van der Waals surface area contributed by atoms with Gasteiger partial charge in [0.05, 0.1) is 10.6 Å². The molecule has 0 bridgehead atoms. The zero-order valence-electron chi connectivity index (χ0n) is 17.1. The highest BCUT2D eigenvalue weighted by Gasteiger charge is 2.35. The molecule has 1 atom stereocenters. The largest absolute Gasteiger partial charge is 0.482 e. The van der Waals surface area contributed by atoms with E-state index in [1.807, 2.05) is 0 Å². The molecular formula is C19H27N3O6S. The van der Waals surface area contributed by atoms with Gasteiger partial charge in [-0.3, -0.25) is 4.79 Å². The molecule has 0 saturated carbocycles. The molecular weight excluding hydrogens is 398 g/mol. The molecule has 3 rings (SSSR count). The summed E-state index contributed by atoms with van der Waals surface area (Å²) in [6, 6.07) is 4.13. The Hall–Kier alpha value is -2.33. The third-order valence-corrected chi connectivity index (χ3v) is 6.67. The van der Waals surface area contributed by atoms with Crippen LogP contribution in [-0.2, 0) is 19.6 Å². The lowest BCUT2D eigenvalue weighted by Gasteiger charge is -2.37. The number of likely N-dealkylation sites (N-methyl/N-ethyl adjacent to an activating group) is 1. The second-order valence-corrected chi connectivity index (χ2v) is 10.2. The maximum absolute atomic E-state index is 13.2. The van der Waals surface area contributed by atoms with Gasteiger partial charge in [0.15, 0.2) is 6.61 Å². The first-order valence-electron chi connectivity index (χ1n) is 9.50. The van der Waals surface area contributed by atoms with Crippen LogP contribution in [-0.4, -0.2) is 68.0 Å². The Balaban J connectivity index is 1.76. The van der Waals surface area contributed by atoms with Crippen molar-refractivity contribution in [3.8, 4) is 5.75 Å². The van der Waals surface area contributed by atoms with Crippen molar-refractivity contribution in [2.75, 3.05) is 32.1 Å². The molecule has 0 spiro atoms. The quantitative estimate of drug-likeness (QED) is 0.795. The van der Waals surface area contributed by atoms with Crippen molar-refractivity contribution in [3.63, 3.8) is 0 Å². The summed E-state index contributed by atoms with van der Waals surface area (Å²) in [6.45, 7) is 5.81. The van der Waals surface area contributed by atoms with Crippen LogP contribution in [0.2, 0.25) is 0 Å². The van der Waals surface area contributed by atoms with Crippen LogP contribution in [0.3, 0.4) is 0 Å². The molecule has 0 radical (unpaired) electrons. The van der Waals surface area contributed by atoms with Crippen LogP contribution in [0.15, 0.2) is 23.1 Å². The summed E-state index contributed by atoms with van der Waals surface area (Å²) in [7, 11) is -2.17. The normalized spacial score (nSPS) is 20.3. The van der Waals surface area contributed by atoms with Gasteiger partial charge in [-0.05, 0) is 51.8 Å². The number of piperidine rings is 1. The molecule has 1 fully saturated rings. The zero-order valence-corrected chi connectivity index (χ0v) is 17.9. The molecule has 160 valence electrons. The number of hydrogen-bond donors (Lipinski definition) is 1. The molecule has 2 aliphatic heterocycles. The van der Waals surface area contributed by atoms with Gasteiger partial charge in [0.25, 0.3) is 5.91 Å². The minimum Gasteiger partial charge on any atom is -0.482 e. The molecule has 0 unspecified atom stereocenters. The molecule has 1 aromatic carbocycles. The maximum atomic E-state index is 13.2. The zero-order chi connectivity index (χ0) is 21.4. The fraction of sp³-hybridized carbons (Fsp3) is 0.579. The van der Waals surface area contributed by atoms with Crippen LogP contribution in [0, 0.1) is 0 Å². The Morgan fingerprint density at radius 2 is 2.07 bits per heavy atom. The highest BCUT2D eigenvalue weighted by atomic mass is 32.2. The molecule has 2 heterocycles. The Bertz CT molecular complexity index is 909. The summed E-state index contributed by atoms with van der Waals surface area (Å²) in [6.07, 6.45) is 0.841. The van der Waals surface area contributed by atoms with E-state index < -0.39 is 21.7 Å². The molecule has 9 nitrogen and oxygen atoms in total. The van der Waals surface area contributed by atoms with Crippen molar-refractivity contribution < 1.29 is 27.5 Å². The van der Waals surface area contributed by atoms with E-state index in [0.29, 0.717) is 30.8 Å². The number of carbonyl (C=O) groups is 2. The predicted molar refractivity (Wildman–Crippen MR) is 106 cm³/mol. The Labute approximate surface area is 171 Å². The van der Waals surface area contributed by atoms with Crippen LogP contribution in [0.25, 0.3) is 0 Å². The number of fused-ring (bicyclic) bond motifs is 1. The SMILES string of the molecule is CN(C(=O)OC(C)(C)C)[C@H]1CCCN(S(=O)(=O)c2ccc3c(c2)NC(=O)CO3)C1. The second-order valence-electron chi connectivity index (χ2n) is 8.25. The van der Waals surface area contributed by atoms with E-state index in [1.165, 1.54) is 27.4 Å². The Morgan fingerprint density at radius 1 is 1.34 bits per heavy atom. The van der Waals surface area contributed by atoms with Gasteiger partial charge in [-0.15, -0.1) is 0 Å². The number of rotatable bonds is 3. The standard InChI is InChI=1S/C19H27N3O6S/c1-19(2,3)28-18(24)21(4)13-6-5-9-22(11-13)29(25,26)14-7-8-16-15(10-14)20-17(23)12-27-16/h7-8,10,13H,5-6,9,11-12H2,1-4H3,(H,20,23)/t13-/m0/s1. The number of nitrogens with zero attached hydrogens (tertiary/aromatic N) is 2. The average molecular weight is 426 g/mol. The van der Waals surface area contributed by atoms with Crippen LogP contribution in [0.4, 0.5) is 10.5 Å². The molecule has 0 aromatic heterocycles. The summed E-state index contributed by atoms with van der Waals surface area (Å²) in [5, 5.41) is 2.62. The second kappa shape index (κ2) is 7.83. The van der Waals surface area contributed by atoms with Crippen LogP contribution >= 0.6 is 0 Å². The summed E-state index contributed by atoms with van der Waals surface area (Å²) in [4.78, 5) is 25.4. The van der Waals surface area contributed by atoms with Gasteiger partial charge in [0.1, 0.15) is 11.4 Å². The van der Waals surface area contributed by atoms with Crippen LogP contribution in [0.1, 0.15) is 33.6 Å². The van der Waals surface area contributed by atoms with Crippen LogP contribution < -0.4 is 10.1 Å². The maximum Gasteiger partial charge on any atom is 0.410 e. The lowest BCUT2D eigenvalue weighted by molar-refractivity contribution is -0.118. The number of sulfonamides is 1. The van der Waals surface area contributed by atoms with Gasteiger partial charge in [0, 0.05) is 26.2 Å². The number of carbonyl (C=O) groups excluding carboxylic acids is 2. The predicted octanol–water partition coefficient (Wildman–Crippen LogP) is 2.04. The summed E-state index contributed by atoms with van der Waals surface area (Å²) < 4.78 is 38.4. The molecule has 2 aliphatic rings.